The molecule has 4 saturated heterocycles. The van der Waals surface area contributed by atoms with Gasteiger partial charge in [0.15, 0.2) is 0 Å². The van der Waals surface area contributed by atoms with Crippen LogP contribution >= 0.6 is 11.3 Å². The van der Waals surface area contributed by atoms with Gasteiger partial charge in [0, 0.05) is 107 Å². The molecule has 0 aliphatic carbocycles. The van der Waals surface area contributed by atoms with E-state index in [0.29, 0.717) is 40.4 Å². The van der Waals surface area contributed by atoms with Crippen molar-refractivity contribution in [3.05, 3.63) is 74.5 Å². The number of fused-ring (bicyclic) bond motifs is 2. The summed E-state index contributed by atoms with van der Waals surface area (Å²) in [4.78, 5) is 88.1. The number of piperazine rings is 1. The Hall–Kier alpha value is -5.66. The van der Waals surface area contributed by atoms with Crippen molar-refractivity contribution in [2.45, 2.75) is 56.4 Å². The average Bonchev–Trinajstić information content (AvgIpc) is 3.84. The lowest BCUT2D eigenvalue weighted by Gasteiger charge is -2.52. The number of hydrogen-bond acceptors (Lipinski definition) is 14. The van der Waals surface area contributed by atoms with Crippen LogP contribution in [0.15, 0.2) is 47.4 Å². The molecule has 9 rings (SSSR count). The van der Waals surface area contributed by atoms with Gasteiger partial charge in [-0.3, -0.25) is 43.9 Å². The summed E-state index contributed by atoms with van der Waals surface area (Å²) in [6.07, 6.45) is 4.74. The van der Waals surface area contributed by atoms with Crippen LogP contribution in [0.1, 0.15) is 68.1 Å². The van der Waals surface area contributed by atoms with Crippen LogP contribution in [0.3, 0.4) is 0 Å². The molecule has 2 N–H and O–H groups in total. The van der Waals surface area contributed by atoms with Crippen molar-refractivity contribution < 1.29 is 38.2 Å². The number of imide groups is 2. The number of rotatable bonds is 13. The van der Waals surface area contributed by atoms with E-state index < -0.39 is 29.7 Å². The number of carbonyl (C=O) groups is 5. The number of pyridine rings is 1. The van der Waals surface area contributed by atoms with E-state index in [0.717, 1.165) is 104 Å². The van der Waals surface area contributed by atoms with E-state index in [9.17, 15) is 28.8 Å². The Morgan fingerprint density at radius 1 is 0.892 bits per heavy atom. The van der Waals surface area contributed by atoms with E-state index >= 15 is 0 Å². The molecule has 1 spiro atoms. The number of aryl methyl sites for hydroxylation is 1. The second-order valence-electron chi connectivity index (χ2n) is 18.1. The summed E-state index contributed by atoms with van der Waals surface area (Å²) in [5, 5.41) is 5.80. The van der Waals surface area contributed by atoms with Crippen LogP contribution in [-0.2, 0) is 27.9 Å². The Morgan fingerprint density at radius 3 is 2.20 bits per heavy atom. The standard InChI is InChI=1S/C47H56N8O9S/c1-50(2)26-35-37(62-4)20-28(21-38(35)63-5)34-27-51(3)44(59)33-23-39(65-41(33)34)43(58)48-25-30-24-47(64-30)10-12-52(13-11-47)14-15-53-16-18-54(19-17-53)29-6-7-31-32(22-29)46(61)55(45(31)60)36-8-9-40(56)49-42(36)57/h6-7,20-23,27,30,36H,8-19,24-26H2,1-5H3,(H,48,58)(H,49,56,57). The summed E-state index contributed by atoms with van der Waals surface area (Å²) in [5.74, 6) is -0.865. The summed E-state index contributed by atoms with van der Waals surface area (Å²) in [6.45, 7) is 8.15. The van der Waals surface area contributed by atoms with Gasteiger partial charge in [0.1, 0.15) is 17.5 Å². The molecular weight excluding hydrogens is 853 g/mol. The topological polar surface area (TPSA) is 175 Å². The second-order valence-corrected chi connectivity index (χ2v) is 19.1. The summed E-state index contributed by atoms with van der Waals surface area (Å²) < 4.78 is 20.3. The Balaban J connectivity index is 0.728. The zero-order valence-corrected chi connectivity index (χ0v) is 38.4. The first-order valence-electron chi connectivity index (χ1n) is 22.3. The molecule has 5 aliphatic heterocycles. The number of benzene rings is 2. The van der Waals surface area contributed by atoms with E-state index in [1.54, 1.807) is 50.2 Å². The van der Waals surface area contributed by atoms with Crippen LogP contribution in [0, 0.1) is 0 Å². The summed E-state index contributed by atoms with van der Waals surface area (Å²) in [7, 11) is 8.94. The highest BCUT2D eigenvalue weighted by Gasteiger charge is 2.47. The van der Waals surface area contributed by atoms with E-state index in [2.05, 4.69) is 25.3 Å². The molecule has 17 nitrogen and oxygen atoms in total. The highest BCUT2D eigenvalue weighted by molar-refractivity contribution is 7.21. The predicted octanol–water partition coefficient (Wildman–Crippen LogP) is 2.92. The SMILES string of the molecule is COc1cc(-c2cn(C)c(=O)c3cc(C(=O)NCC4CC5(CCN(CCN6CCN(c7ccc8c(c7)C(=O)N(C7CCC(=O)NC7=O)C8=O)CC6)CC5)O4)sc23)cc(OC)c1CN(C)C. The van der Waals surface area contributed by atoms with Crippen molar-refractivity contribution in [2.75, 3.05) is 92.1 Å². The fourth-order valence-corrected chi connectivity index (χ4v) is 11.1. The third-order valence-corrected chi connectivity index (χ3v) is 14.8. The monoisotopic (exact) mass is 908 g/mol. The molecule has 0 radical (unpaired) electrons. The minimum atomic E-state index is -0.980. The maximum Gasteiger partial charge on any atom is 0.262 e. The summed E-state index contributed by atoms with van der Waals surface area (Å²) in [5.41, 5.74) is 3.69. The zero-order valence-electron chi connectivity index (χ0n) is 37.6. The minimum absolute atomic E-state index is 0.0613. The molecule has 4 fully saturated rings. The minimum Gasteiger partial charge on any atom is -0.496 e. The maximum absolute atomic E-state index is 13.5. The number of nitrogens with one attached hydrogen (secondary N) is 2. The first kappa shape index (κ1) is 44.5. The van der Waals surface area contributed by atoms with Crippen molar-refractivity contribution in [1.82, 2.24) is 34.8 Å². The molecule has 7 heterocycles. The molecule has 65 heavy (non-hydrogen) atoms. The van der Waals surface area contributed by atoms with Crippen LogP contribution in [0.4, 0.5) is 5.69 Å². The molecule has 2 aromatic carbocycles. The normalized spacial score (nSPS) is 21.3. The summed E-state index contributed by atoms with van der Waals surface area (Å²) >= 11 is 1.30. The van der Waals surface area contributed by atoms with Crippen molar-refractivity contribution in [3.8, 4) is 22.6 Å². The second kappa shape index (κ2) is 18.0. The molecule has 2 aromatic heterocycles. The number of likely N-dealkylation sites (tertiary alicyclic amines) is 1. The number of amides is 5. The number of piperidine rings is 2. The van der Waals surface area contributed by atoms with Crippen molar-refractivity contribution in [1.29, 1.82) is 0 Å². The largest absolute Gasteiger partial charge is 0.496 e. The molecule has 18 heteroatoms. The Morgan fingerprint density at radius 2 is 1.55 bits per heavy atom. The van der Waals surface area contributed by atoms with Crippen LogP contribution in [-0.4, -0.2) is 159 Å². The van der Waals surface area contributed by atoms with Gasteiger partial charge in [-0.05, 0) is 75.3 Å². The van der Waals surface area contributed by atoms with Gasteiger partial charge in [-0.25, -0.2) is 0 Å². The molecule has 5 amide bonds. The molecule has 4 aromatic rings. The van der Waals surface area contributed by atoms with Crippen LogP contribution in [0.5, 0.6) is 11.5 Å². The lowest BCUT2D eigenvalue weighted by Crippen LogP contribution is -2.59. The Kier molecular flexibility index (Phi) is 12.3. The van der Waals surface area contributed by atoms with E-state index in [-0.39, 0.29) is 41.6 Å². The van der Waals surface area contributed by atoms with Gasteiger partial charge in [0.05, 0.1) is 52.9 Å². The van der Waals surface area contributed by atoms with Gasteiger partial charge in [0.25, 0.3) is 23.3 Å². The van der Waals surface area contributed by atoms with Crippen molar-refractivity contribution in [2.24, 2.45) is 7.05 Å². The van der Waals surface area contributed by atoms with Crippen molar-refractivity contribution >= 4 is 56.6 Å². The lowest BCUT2D eigenvalue weighted by atomic mass is 9.80. The van der Waals surface area contributed by atoms with Crippen molar-refractivity contribution in [3.63, 3.8) is 0 Å². The van der Waals surface area contributed by atoms with Gasteiger partial charge in [0.2, 0.25) is 11.8 Å². The lowest BCUT2D eigenvalue weighted by molar-refractivity contribution is -0.222. The van der Waals surface area contributed by atoms with Crippen LogP contribution in [0.2, 0.25) is 0 Å². The number of ether oxygens (including phenoxy) is 3. The van der Waals surface area contributed by atoms with E-state index in [1.807, 2.05) is 37.2 Å². The third kappa shape index (κ3) is 8.65. The molecule has 0 saturated carbocycles. The van der Waals surface area contributed by atoms with Gasteiger partial charge in [-0.15, -0.1) is 11.3 Å². The van der Waals surface area contributed by atoms with Gasteiger partial charge in [-0.1, -0.05) is 0 Å². The van der Waals surface area contributed by atoms with Gasteiger partial charge < -0.3 is 38.8 Å². The first-order chi connectivity index (χ1) is 31.2. The molecule has 5 aliphatic rings. The van der Waals surface area contributed by atoms with E-state index in [1.165, 1.54) is 11.3 Å². The number of thiophene rings is 1. The summed E-state index contributed by atoms with van der Waals surface area (Å²) in [6, 6.07) is 9.92. The van der Waals surface area contributed by atoms with Crippen LogP contribution < -0.4 is 30.6 Å². The number of aromatic nitrogens is 1. The highest BCUT2D eigenvalue weighted by atomic mass is 32.1. The quantitative estimate of drug-likeness (QED) is 0.188. The maximum atomic E-state index is 13.5. The van der Waals surface area contributed by atoms with Crippen LogP contribution in [0.25, 0.3) is 21.2 Å². The number of carbonyl (C=O) groups excluding carboxylic acids is 5. The molecule has 344 valence electrons. The highest BCUT2D eigenvalue weighted by Crippen LogP contribution is 2.42. The fraction of sp³-hybridized carbons (Fsp3) is 0.489. The molecule has 0 bridgehead atoms. The Labute approximate surface area is 381 Å². The third-order valence-electron chi connectivity index (χ3n) is 13.6. The number of hydrogen-bond donors (Lipinski definition) is 2. The number of anilines is 1. The molecule has 2 unspecified atom stereocenters. The zero-order chi connectivity index (χ0) is 45.7. The molecular formula is C47H56N8O9S. The van der Waals surface area contributed by atoms with Gasteiger partial charge >= 0.3 is 0 Å². The first-order valence-corrected chi connectivity index (χ1v) is 23.1. The molecule has 2 atom stereocenters. The number of nitrogens with zero attached hydrogens (tertiary/aromatic N) is 6. The Bertz CT molecular complexity index is 2590. The van der Waals surface area contributed by atoms with Gasteiger partial charge in [-0.2, -0.15) is 0 Å². The van der Waals surface area contributed by atoms with E-state index in [4.69, 9.17) is 14.2 Å². The smallest absolute Gasteiger partial charge is 0.262 e. The fourth-order valence-electron chi connectivity index (χ4n) is 10.0. The predicted molar refractivity (Wildman–Crippen MR) is 245 cm³/mol. The number of methoxy groups -OCH3 is 2. The average molecular weight is 909 g/mol.